The zero-order valence-electron chi connectivity index (χ0n) is 31.5. The lowest BCUT2D eigenvalue weighted by Gasteiger charge is -2.40. The summed E-state index contributed by atoms with van der Waals surface area (Å²) in [4.78, 5) is 85.1. The van der Waals surface area contributed by atoms with Crippen LogP contribution >= 0.6 is 0 Å². The lowest BCUT2D eigenvalue weighted by Crippen LogP contribution is -2.62. The zero-order valence-corrected chi connectivity index (χ0v) is 31.5. The SMILES string of the molecule is CC(C)(C)[C@H](NC(=O)[C@@H](NC(=O)N1CCOCC1)C1CCCCC1)C(=O)N1C[C@]2(CCCC2(C)C)C[C@H]1C(=O)NC(CC1CCC1)C(=O)C(N)=O. The number of morpholine rings is 1. The van der Waals surface area contributed by atoms with Crippen LogP contribution in [0.15, 0.2) is 0 Å². The number of urea groups is 1. The molecule has 0 bridgehead atoms. The third-order valence-electron chi connectivity index (χ3n) is 13.0. The maximum Gasteiger partial charge on any atom is 0.318 e. The smallest absolute Gasteiger partial charge is 0.318 e. The van der Waals surface area contributed by atoms with Gasteiger partial charge in [0, 0.05) is 19.6 Å². The molecule has 5 N–H and O–H groups in total. The largest absolute Gasteiger partial charge is 0.378 e. The molecular formula is C38H62N6O7. The second kappa shape index (κ2) is 15.8. The first kappa shape index (κ1) is 39.0. The summed E-state index contributed by atoms with van der Waals surface area (Å²) in [7, 11) is 0. The highest BCUT2D eigenvalue weighted by Gasteiger charge is 2.59. The van der Waals surface area contributed by atoms with Crippen LogP contribution in [0.1, 0.15) is 118 Å². The summed E-state index contributed by atoms with van der Waals surface area (Å²) in [5.41, 5.74) is 4.20. The number of carbonyl (C=O) groups is 6. The van der Waals surface area contributed by atoms with E-state index in [4.69, 9.17) is 10.5 Å². The monoisotopic (exact) mass is 714 g/mol. The zero-order chi connectivity index (χ0) is 37.1. The van der Waals surface area contributed by atoms with Gasteiger partial charge in [-0.3, -0.25) is 24.0 Å². The number of nitrogens with two attached hydrogens (primary N) is 1. The molecule has 0 aromatic rings. The summed E-state index contributed by atoms with van der Waals surface area (Å²) in [6.45, 7) is 12.1. The van der Waals surface area contributed by atoms with Crippen molar-refractivity contribution in [3.8, 4) is 0 Å². The molecule has 2 aliphatic heterocycles. The van der Waals surface area contributed by atoms with Crippen molar-refractivity contribution in [3.05, 3.63) is 0 Å². The van der Waals surface area contributed by atoms with Gasteiger partial charge in [-0.2, -0.15) is 0 Å². The Morgan fingerprint density at radius 3 is 2.08 bits per heavy atom. The molecule has 51 heavy (non-hydrogen) atoms. The Morgan fingerprint density at radius 1 is 0.863 bits per heavy atom. The molecule has 13 nitrogen and oxygen atoms in total. The van der Waals surface area contributed by atoms with Crippen LogP contribution in [-0.2, 0) is 28.7 Å². The average Bonchev–Trinajstić information content (AvgIpc) is 3.61. The Labute approximate surface area is 303 Å². The van der Waals surface area contributed by atoms with E-state index in [2.05, 4.69) is 29.8 Å². The maximum atomic E-state index is 14.9. The molecule has 0 aromatic heterocycles. The van der Waals surface area contributed by atoms with Crippen LogP contribution in [0.25, 0.3) is 0 Å². The minimum Gasteiger partial charge on any atom is -0.378 e. The Bertz CT molecular complexity index is 1330. The summed E-state index contributed by atoms with van der Waals surface area (Å²) in [5, 5.41) is 8.96. The van der Waals surface area contributed by atoms with Gasteiger partial charge in [0.05, 0.1) is 19.3 Å². The minimum atomic E-state index is -1.09. The Kier molecular flexibility index (Phi) is 12.1. The van der Waals surface area contributed by atoms with E-state index in [-0.39, 0.29) is 34.6 Å². The number of nitrogens with zero attached hydrogens (tertiary/aromatic N) is 2. The molecule has 0 radical (unpaired) electrons. The fourth-order valence-electron chi connectivity index (χ4n) is 9.23. The van der Waals surface area contributed by atoms with E-state index in [1.54, 1.807) is 9.80 Å². The highest BCUT2D eigenvalue weighted by Crippen LogP contribution is 2.59. The second-order valence-electron chi connectivity index (χ2n) is 17.8. The van der Waals surface area contributed by atoms with Gasteiger partial charge in [0.1, 0.15) is 18.1 Å². The molecule has 6 amide bonds. The van der Waals surface area contributed by atoms with Crippen molar-refractivity contribution in [1.82, 2.24) is 25.8 Å². The number of likely N-dealkylation sites (tertiary alicyclic amines) is 1. The summed E-state index contributed by atoms with van der Waals surface area (Å²) >= 11 is 0. The number of carbonyl (C=O) groups excluding carboxylic acids is 6. The van der Waals surface area contributed by atoms with E-state index >= 15 is 0 Å². The Balaban J connectivity index is 1.41. The van der Waals surface area contributed by atoms with E-state index in [0.717, 1.165) is 70.6 Å². The molecule has 2 saturated heterocycles. The van der Waals surface area contributed by atoms with Crippen molar-refractivity contribution in [1.29, 1.82) is 0 Å². The van der Waals surface area contributed by atoms with Crippen molar-refractivity contribution in [2.75, 3.05) is 32.8 Å². The molecule has 3 saturated carbocycles. The average molecular weight is 715 g/mol. The van der Waals surface area contributed by atoms with Crippen molar-refractivity contribution in [3.63, 3.8) is 0 Å². The number of rotatable bonds is 11. The van der Waals surface area contributed by atoms with Crippen molar-refractivity contribution in [2.45, 2.75) is 142 Å². The molecule has 286 valence electrons. The van der Waals surface area contributed by atoms with Crippen LogP contribution in [0, 0.1) is 28.1 Å². The number of ether oxygens (including phenoxy) is 1. The molecule has 3 aliphatic carbocycles. The number of hydrogen-bond donors (Lipinski definition) is 4. The summed E-state index contributed by atoms with van der Waals surface area (Å²) in [5.74, 6) is -3.00. The molecule has 5 rings (SSSR count). The number of nitrogens with one attached hydrogen (secondary N) is 3. The summed E-state index contributed by atoms with van der Waals surface area (Å²) in [6.07, 6.45) is 11.0. The van der Waals surface area contributed by atoms with E-state index in [1.807, 2.05) is 20.8 Å². The first-order chi connectivity index (χ1) is 24.0. The van der Waals surface area contributed by atoms with Crippen LogP contribution in [0.5, 0.6) is 0 Å². The van der Waals surface area contributed by atoms with Gasteiger partial charge in [-0.1, -0.05) is 79.6 Å². The molecule has 2 heterocycles. The molecular weight excluding hydrogens is 652 g/mol. The van der Waals surface area contributed by atoms with Gasteiger partial charge < -0.3 is 36.2 Å². The lowest BCUT2D eigenvalue weighted by molar-refractivity contribution is -0.145. The standard InChI is InChI=1S/C38H62N6O7/c1-36(2,3)30(42-33(48)28(25-13-7-6-8-14-25)41-35(50)43-17-19-51-20-18-43)34(49)44-23-38(16-10-15-37(38,4)5)22-27(44)32(47)40-26(29(45)31(39)46)21-24-11-9-12-24/h24-28,30H,6-23H2,1-5H3,(H2,39,46)(H,40,47)(H,41,50)(H,42,48)/t26?,27-,28-,30+,38-/m0/s1. The molecule has 1 unspecified atom stereocenters. The van der Waals surface area contributed by atoms with E-state index in [0.29, 0.717) is 45.7 Å². The van der Waals surface area contributed by atoms with Crippen molar-refractivity contribution < 1.29 is 33.5 Å². The second-order valence-corrected chi connectivity index (χ2v) is 17.8. The normalized spacial score (nSPS) is 27.3. The summed E-state index contributed by atoms with van der Waals surface area (Å²) < 4.78 is 5.42. The molecule has 1 spiro atoms. The van der Waals surface area contributed by atoms with E-state index < -0.39 is 53.1 Å². The molecule has 0 aromatic carbocycles. The number of amides is 6. The van der Waals surface area contributed by atoms with Gasteiger partial charge in [0.15, 0.2) is 0 Å². The first-order valence-corrected chi connectivity index (χ1v) is 19.4. The topological polar surface area (TPSA) is 180 Å². The van der Waals surface area contributed by atoms with Gasteiger partial charge >= 0.3 is 6.03 Å². The molecule has 5 aliphatic rings. The third kappa shape index (κ3) is 8.71. The number of ketones is 1. The van der Waals surface area contributed by atoms with Crippen molar-refractivity contribution >= 4 is 35.4 Å². The quantitative estimate of drug-likeness (QED) is 0.238. The highest BCUT2D eigenvalue weighted by molar-refractivity contribution is 6.37. The van der Waals surface area contributed by atoms with E-state index in [1.165, 1.54) is 0 Å². The number of primary amides is 1. The van der Waals surface area contributed by atoms with E-state index in [9.17, 15) is 28.8 Å². The van der Waals surface area contributed by atoms with Gasteiger partial charge in [0.2, 0.25) is 23.5 Å². The Morgan fingerprint density at radius 2 is 1.53 bits per heavy atom. The third-order valence-corrected chi connectivity index (χ3v) is 13.0. The van der Waals surface area contributed by atoms with Crippen LogP contribution < -0.4 is 21.7 Å². The fraction of sp³-hybridized carbons (Fsp3) is 0.842. The molecule has 5 fully saturated rings. The maximum absolute atomic E-state index is 14.9. The summed E-state index contributed by atoms with van der Waals surface area (Å²) in [6, 6.07) is -4.06. The molecule has 13 heteroatoms. The predicted molar refractivity (Wildman–Crippen MR) is 191 cm³/mol. The lowest BCUT2D eigenvalue weighted by atomic mass is 9.66. The van der Waals surface area contributed by atoms with Gasteiger partial charge in [-0.15, -0.1) is 0 Å². The van der Waals surface area contributed by atoms with Crippen LogP contribution in [-0.4, -0.2) is 102 Å². The highest BCUT2D eigenvalue weighted by atomic mass is 16.5. The predicted octanol–water partition coefficient (Wildman–Crippen LogP) is 3.03. The molecule has 5 atom stereocenters. The van der Waals surface area contributed by atoms with Gasteiger partial charge in [0.25, 0.3) is 5.91 Å². The fourth-order valence-corrected chi connectivity index (χ4v) is 9.23. The van der Waals surface area contributed by atoms with Crippen LogP contribution in [0.3, 0.4) is 0 Å². The van der Waals surface area contributed by atoms with Crippen molar-refractivity contribution in [2.24, 2.45) is 33.8 Å². The number of Topliss-reactive ketones (excluding diaryl/α,β-unsaturated/α-hetero) is 1. The van der Waals surface area contributed by atoms with Crippen LogP contribution in [0.2, 0.25) is 0 Å². The van der Waals surface area contributed by atoms with Crippen LogP contribution in [0.4, 0.5) is 4.79 Å². The Hall–Kier alpha value is -3.22. The van der Waals surface area contributed by atoms with Gasteiger partial charge in [-0.05, 0) is 66.6 Å². The first-order valence-electron chi connectivity index (χ1n) is 19.4. The minimum absolute atomic E-state index is 0.0669. The number of hydrogen-bond acceptors (Lipinski definition) is 7. The van der Waals surface area contributed by atoms with Gasteiger partial charge in [-0.25, -0.2) is 4.79 Å².